The second kappa shape index (κ2) is 7.82. The molecule has 0 aliphatic carbocycles. The van der Waals surface area contributed by atoms with Crippen molar-refractivity contribution in [2.75, 3.05) is 13.2 Å². The van der Waals surface area contributed by atoms with Gasteiger partial charge in [-0.05, 0) is 23.8 Å². The molecule has 21 heavy (non-hydrogen) atoms. The summed E-state index contributed by atoms with van der Waals surface area (Å²) in [6.45, 7) is -2.22. The third-order valence-electron chi connectivity index (χ3n) is 2.11. The van der Waals surface area contributed by atoms with E-state index in [2.05, 4.69) is 20.7 Å². The number of rotatable bonds is 5. The van der Waals surface area contributed by atoms with Crippen molar-refractivity contribution in [3.63, 3.8) is 0 Å². The number of esters is 1. The predicted molar refractivity (Wildman–Crippen MR) is 73.2 cm³/mol. The highest BCUT2D eigenvalue weighted by atomic mass is 79.9. The van der Waals surface area contributed by atoms with Crippen LogP contribution in [0.2, 0.25) is 0 Å². The Morgan fingerprint density at radius 2 is 1.86 bits per heavy atom. The molecular formula is C13H11BrF3NO3. The van der Waals surface area contributed by atoms with Gasteiger partial charge in [0, 0.05) is 10.5 Å². The number of benzene rings is 1. The van der Waals surface area contributed by atoms with E-state index in [1.54, 1.807) is 29.6 Å². The van der Waals surface area contributed by atoms with E-state index in [0.717, 1.165) is 16.1 Å². The zero-order valence-corrected chi connectivity index (χ0v) is 12.2. The number of ether oxygens (including phenoxy) is 1. The van der Waals surface area contributed by atoms with Gasteiger partial charge in [0.15, 0.2) is 6.61 Å². The quantitative estimate of drug-likeness (QED) is 0.644. The van der Waals surface area contributed by atoms with Crippen molar-refractivity contribution < 1.29 is 27.5 Å². The van der Waals surface area contributed by atoms with E-state index in [1.165, 1.54) is 6.08 Å². The zero-order chi connectivity index (χ0) is 15.9. The van der Waals surface area contributed by atoms with Gasteiger partial charge in [0.05, 0.1) is 0 Å². The summed E-state index contributed by atoms with van der Waals surface area (Å²) in [6, 6.07) is 7.03. The monoisotopic (exact) mass is 365 g/mol. The van der Waals surface area contributed by atoms with Crippen LogP contribution in [0.1, 0.15) is 5.56 Å². The first-order valence-corrected chi connectivity index (χ1v) is 6.49. The zero-order valence-electron chi connectivity index (χ0n) is 10.6. The predicted octanol–water partition coefficient (Wildman–Crippen LogP) is 2.68. The standard InChI is InChI=1S/C13H11BrF3NO3/c14-10-4-1-9(2-5-10)3-6-12(20)21-7-11(19)18-8-13(15,16)17/h1-6H,7-8H2,(H,18,19)/b6-3+. The van der Waals surface area contributed by atoms with Crippen molar-refractivity contribution >= 4 is 33.9 Å². The molecule has 0 aromatic heterocycles. The summed E-state index contributed by atoms with van der Waals surface area (Å²) < 4.78 is 40.8. The van der Waals surface area contributed by atoms with Crippen LogP contribution in [0.15, 0.2) is 34.8 Å². The Bertz CT molecular complexity index is 526. The Balaban J connectivity index is 2.34. The summed E-state index contributed by atoms with van der Waals surface area (Å²) in [5, 5.41) is 1.59. The molecule has 0 heterocycles. The van der Waals surface area contributed by atoms with Gasteiger partial charge >= 0.3 is 12.1 Å². The van der Waals surface area contributed by atoms with Crippen molar-refractivity contribution in [3.05, 3.63) is 40.4 Å². The van der Waals surface area contributed by atoms with E-state index in [4.69, 9.17) is 0 Å². The third kappa shape index (κ3) is 8.13. The lowest BCUT2D eigenvalue weighted by molar-refractivity contribution is -0.148. The Kier molecular flexibility index (Phi) is 6.41. The molecule has 1 rings (SSSR count). The van der Waals surface area contributed by atoms with E-state index in [1.807, 2.05) is 0 Å². The molecule has 0 spiro atoms. The summed E-state index contributed by atoms with van der Waals surface area (Å²) in [5.41, 5.74) is 0.733. The van der Waals surface area contributed by atoms with Crippen LogP contribution in [-0.4, -0.2) is 31.2 Å². The molecule has 1 aromatic rings. The maximum Gasteiger partial charge on any atom is 0.405 e. The van der Waals surface area contributed by atoms with Crippen molar-refractivity contribution in [1.29, 1.82) is 0 Å². The van der Waals surface area contributed by atoms with Crippen molar-refractivity contribution in [3.8, 4) is 0 Å². The van der Waals surface area contributed by atoms with Gasteiger partial charge in [0.2, 0.25) is 0 Å². The molecule has 0 bridgehead atoms. The number of carbonyl (C=O) groups is 2. The summed E-state index contributed by atoms with van der Waals surface area (Å²) in [6.07, 6.45) is -1.95. The summed E-state index contributed by atoms with van der Waals surface area (Å²) >= 11 is 3.25. The Morgan fingerprint density at radius 1 is 1.24 bits per heavy atom. The van der Waals surface area contributed by atoms with Crippen LogP contribution in [-0.2, 0) is 14.3 Å². The molecule has 1 N–H and O–H groups in total. The van der Waals surface area contributed by atoms with Gasteiger partial charge < -0.3 is 10.1 Å². The minimum atomic E-state index is -4.50. The van der Waals surface area contributed by atoms with E-state index in [0.29, 0.717) is 0 Å². The van der Waals surface area contributed by atoms with Crippen LogP contribution in [0.4, 0.5) is 13.2 Å². The highest BCUT2D eigenvalue weighted by Crippen LogP contribution is 2.12. The summed E-state index contributed by atoms with van der Waals surface area (Å²) in [4.78, 5) is 22.3. The number of alkyl halides is 3. The van der Waals surface area contributed by atoms with Gasteiger partial charge in [-0.2, -0.15) is 13.2 Å². The minimum Gasteiger partial charge on any atom is -0.452 e. The molecule has 0 aliphatic rings. The second-order valence-corrected chi connectivity index (χ2v) is 4.80. The lowest BCUT2D eigenvalue weighted by atomic mass is 10.2. The van der Waals surface area contributed by atoms with Gasteiger partial charge in [0.1, 0.15) is 6.54 Å². The molecule has 8 heteroatoms. The minimum absolute atomic E-state index is 0.733. The lowest BCUT2D eigenvalue weighted by Gasteiger charge is -2.07. The Morgan fingerprint density at radius 3 is 2.43 bits per heavy atom. The molecule has 0 atom stereocenters. The molecule has 1 amide bonds. The smallest absolute Gasteiger partial charge is 0.405 e. The molecule has 0 radical (unpaired) electrons. The maximum absolute atomic E-state index is 11.8. The fraction of sp³-hybridized carbons (Fsp3) is 0.231. The van der Waals surface area contributed by atoms with Crippen LogP contribution < -0.4 is 5.32 Å². The average Bonchev–Trinajstić information content (AvgIpc) is 2.41. The van der Waals surface area contributed by atoms with Gasteiger partial charge in [-0.3, -0.25) is 4.79 Å². The maximum atomic E-state index is 11.8. The highest BCUT2D eigenvalue weighted by Gasteiger charge is 2.27. The first-order valence-electron chi connectivity index (χ1n) is 5.70. The van der Waals surface area contributed by atoms with Crippen LogP contribution in [0.3, 0.4) is 0 Å². The summed E-state index contributed by atoms with van der Waals surface area (Å²) in [5.74, 6) is -1.84. The van der Waals surface area contributed by atoms with Crippen LogP contribution in [0, 0.1) is 0 Å². The van der Waals surface area contributed by atoms with E-state index < -0.39 is 31.2 Å². The lowest BCUT2D eigenvalue weighted by Crippen LogP contribution is -2.36. The number of amides is 1. The van der Waals surface area contributed by atoms with Crippen molar-refractivity contribution in [1.82, 2.24) is 5.32 Å². The number of nitrogens with one attached hydrogen (secondary N) is 1. The molecule has 0 fully saturated rings. The van der Waals surface area contributed by atoms with Crippen molar-refractivity contribution in [2.45, 2.75) is 6.18 Å². The van der Waals surface area contributed by atoms with E-state index >= 15 is 0 Å². The molecule has 4 nitrogen and oxygen atoms in total. The number of halogens is 4. The molecular weight excluding hydrogens is 355 g/mol. The number of carbonyl (C=O) groups excluding carboxylic acids is 2. The fourth-order valence-corrected chi connectivity index (χ4v) is 1.44. The number of hydrogen-bond acceptors (Lipinski definition) is 3. The van der Waals surface area contributed by atoms with Crippen molar-refractivity contribution in [2.24, 2.45) is 0 Å². The topological polar surface area (TPSA) is 55.4 Å². The first-order chi connectivity index (χ1) is 9.76. The molecule has 0 unspecified atom stereocenters. The molecule has 0 saturated carbocycles. The van der Waals surface area contributed by atoms with Gasteiger partial charge in [-0.25, -0.2) is 4.79 Å². The molecule has 0 aliphatic heterocycles. The third-order valence-corrected chi connectivity index (χ3v) is 2.64. The normalized spacial score (nSPS) is 11.4. The van der Waals surface area contributed by atoms with E-state index in [9.17, 15) is 22.8 Å². The van der Waals surface area contributed by atoms with E-state index in [-0.39, 0.29) is 0 Å². The highest BCUT2D eigenvalue weighted by molar-refractivity contribution is 9.10. The Hall–Kier alpha value is -1.83. The molecule has 0 saturated heterocycles. The largest absolute Gasteiger partial charge is 0.452 e. The SMILES string of the molecule is O=C(COC(=O)/C=C/c1ccc(Br)cc1)NCC(F)(F)F. The number of hydrogen-bond donors (Lipinski definition) is 1. The molecule has 114 valence electrons. The Labute approximate surface area is 127 Å². The average molecular weight is 366 g/mol. The fourth-order valence-electron chi connectivity index (χ4n) is 1.17. The van der Waals surface area contributed by atoms with Crippen LogP contribution in [0.5, 0.6) is 0 Å². The molecule has 1 aromatic carbocycles. The summed E-state index contributed by atoms with van der Waals surface area (Å²) in [7, 11) is 0. The van der Waals surface area contributed by atoms with Gasteiger partial charge in [0.25, 0.3) is 5.91 Å². The van der Waals surface area contributed by atoms with Crippen LogP contribution >= 0.6 is 15.9 Å². The first kappa shape index (κ1) is 17.2. The second-order valence-electron chi connectivity index (χ2n) is 3.88. The van der Waals surface area contributed by atoms with Gasteiger partial charge in [-0.15, -0.1) is 0 Å². The van der Waals surface area contributed by atoms with Crippen LogP contribution in [0.25, 0.3) is 6.08 Å². The van der Waals surface area contributed by atoms with Gasteiger partial charge in [-0.1, -0.05) is 28.1 Å².